The van der Waals surface area contributed by atoms with Crippen molar-refractivity contribution in [2.24, 2.45) is 0 Å². The van der Waals surface area contributed by atoms with Gasteiger partial charge < -0.3 is 20.3 Å². The van der Waals surface area contributed by atoms with E-state index >= 15 is 0 Å². The van der Waals surface area contributed by atoms with Crippen LogP contribution in [0.15, 0.2) is 4.52 Å². The molecule has 3 N–H and O–H groups in total. The number of aromatic nitrogens is 1. The first-order valence-corrected chi connectivity index (χ1v) is 5.45. The van der Waals surface area contributed by atoms with Crippen molar-refractivity contribution < 1.29 is 19.2 Å². The molecule has 2 amide bonds. The summed E-state index contributed by atoms with van der Waals surface area (Å²) < 4.78 is 4.95. The van der Waals surface area contributed by atoms with Crippen LogP contribution in [0.25, 0.3) is 0 Å². The van der Waals surface area contributed by atoms with Crippen molar-refractivity contribution in [3.63, 3.8) is 0 Å². The maximum atomic E-state index is 11.5. The quantitative estimate of drug-likeness (QED) is 0.743. The molecule has 0 saturated heterocycles. The Morgan fingerprint density at radius 3 is 2.44 bits per heavy atom. The molecule has 1 aromatic heterocycles. The zero-order chi connectivity index (χ0) is 13.9. The molecule has 0 atom stereocenters. The molecule has 1 aromatic rings. The van der Waals surface area contributed by atoms with Crippen molar-refractivity contribution >= 4 is 12.0 Å². The molecule has 0 aliphatic carbocycles. The molecule has 0 aliphatic heterocycles. The summed E-state index contributed by atoms with van der Waals surface area (Å²) in [5.41, 5.74) is 0.173. The van der Waals surface area contributed by atoms with Crippen LogP contribution < -0.4 is 10.6 Å². The summed E-state index contributed by atoms with van der Waals surface area (Å²) in [7, 11) is 0. The van der Waals surface area contributed by atoms with Gasteiger partial charge in [0.15, 0.2) is 0 Å². The maximum absolute atomic E-state index is 11.5. The Morgan fingerprint density at radius 1 is 1.39 bits per heavy atom. The van der Waals surface area contributed by atoms with E-state index in [1.54, 1.807) is 13.8 Å². The van der Waals surface area contributed by atoms with Crippen LogP contribution in [0, 0.1) is 13.8 Å². The zero-order valence-corrected chi connectivity index (χ0v) is 10.8. The van der Waals surface area contributed by atoms with Crippen LogP contribution in [-0.2, 0) is 11.3 Å². The first-order chi connectivity index (χ1) is 8.24. The summed E-state index contributed by atoms with van der Waals surface area (Å²) in [5.74, 6) is -0.472. The van der Waals surface area contributed by atoms with Crippen LogP contribution in [0.1, 0.15) is 30.9 Å². The topological polar surface area (TPSA) is 104 Å². The van der Waals surface area contributed by atoms with Gasteiger partial charge in [0, 0.05) is 12.1 Å². The number of nitrogens with one attached hydrogen (secondary N) is 2. The van der Waals surface area contributed by atoms with Crippen LogP contribution in [0.5, 0.6) is 0 Å². The Morgan fingerprint density at radius 2 is 2.00 bits per heavy atom. The molecule has 0 bridgehead atoms. The highest BCUT2D eigenvalue weighted by atomic mass is 16.5. The third-order valence-electron chi connectivity index (χ3n) is 2.57. The molecule has 7 heteroatoms. The summed E-state index contributed by atoms with van der Waals surface area (Å²) in [6.45, 7) is 6.57. The number of aryl methyl sites for hydroxylation is 2. The van der Waals surface area contributed by atoms with Crippen molar-refractivity contribution in [1.29, 1.82) is 0 Å². The number of nitrogens with zero attached hydrogens (tertiary/aromatic N) is 1. The molecule has 100 valence electrons. The van der Waals surface area contributed by atoms with E-state index in [1.807, 2.05) is 0 Å². The van der Waals surface area contributed by atoms with Crippen LogP contribution in [0.4, 0.5) is 4.79 Å². The molecule has 1 rings (SSSR count). The van der Waals surface area contributed by atoms with Crippen molar-refractivity contribution in [3.05, 3.63) is 17.0 Å². The van der Waals surface area contributed by atoms with Gasteiger partial charge in [0.1, 0.15) is 11.3 Å². The largest absolute Gasteiger partial charge is 0.480 e. The first kappa shape index (κ1) is 14.0. The number of carboxylic acid groups (broad SMARTS) is 1. The summed E-state index contributed by atoms with van der Waals surface area (Å²) in [4.78, 5) is 22.4. The number of hydrogen-bond acceptors (Lipinski definition) is 4. The minimum absolute atomic E-state index is 0.239. The molecular weight excluding hydrogens is 238 g/mol. The van der Waals surface area contributed by atoms with Gasteiger partial charge in [-0.15, -0.1) is 0 Å². The zero-order valence-electron chi connectivity index (χ0n) is 10.8. The number of carbonyl (C=O) groups excluding carboxylic acids is 1. The van der Waals surface area contributed by atoms with Crippen molar-refractivity contribution in [1.82, 2.24) is 15.8 Å². The number of carboxylic acids is 1. The van der Waals surface area contributed by atoms with E-state index in [9.17, 15) is 9.59 Å². The fraction of sp³-hybridized carbons (Fsp3) is 0.545. The molecule has 0 radical (unpaired) electrons. The van der Waals surface area contributed by atoms with E-state index in [0.717, 1.165) is 5.56 Å². The van der Waals surface area contributed by atoms with E-state index in [4.69, 9.17) is 9.63 Å². The summed E-state index contributed by atoms with van der Waals surface area (Å²) in [5, 5.41) is 17.5. The molecule has 0 fully saturated rings. The Kier molecular flexibility index (Phi) is 3.95. The van der Waals surface area contributed by atoms with E-state index in [0.29, 0.717) is 11.5 Å². The smallest absolute Gasteiger partial charge is 0.328 e. The number of rotatable bonds is 4. The van der Waals surface area contributed by atoms with Gasteiger partial charge in [-0.2, -0.15) is 0 Å². The van der Waals surface area contributed by atoms with Crippen LogP contribution in [-0.4, -0.2) is 27.8 Å². The standard InChI is InChI=1S/C11H17N3O4/c1-6-8(7(2)18-14-6)5-12-10(17)13-11(3,4)9(15)16/h5H2,1-4H3,(H,15,16)(H2,12,13,17). The average molecular weight is 255 g/mol. The second-order valence-electron chi connectivity index (χ2n) is 4.54. The van der Waals surface area contributed by atoms with Gasteiger partial charge in [-0.05, 0) is 27.7 Å². The highest BCUT2D eigenvalue weighted by Gasteiger charge is 2.28. The Labute approximate surface area is 105 Å². The molecule has 7 nitrogen and oxygen atoms in total. The second-order valence-corrected chi connectivity index (χ2v) is 4.54. The van der Waals surface area contributed by atoms with Crippen LogP contribution in [0.2, 0.25) is 0 Å². The molecular formula is C11H17N3O4. The van der Waals surface area contributed by atoms with E-state index in [2.05, 4.69) is 15.8 Å². The van der Waals surface area contributed by atoms with Gasteiger partial charge in [0.2, 0.25) is 0 Å². The summed E-state index contributed by atoms with van der Waals surface area (Å²) in [6.07, 6.45) is 0. The first-order valence-electron chi connectivity index (χ1n) is 5.45. The number of amides is 2. The van der Waals surface area contributed by atoms with E-state index in [1.165, 1.54) is 13.8 Å². The van der Waals surface area contributed by atoms with Gasteiger partial charge in [0.05, 0.1) is 5.69 Å². The summed E-state index contributed by atoms with van der Waals surface area (Å²) in [6, 6.07) is -0.553. The highest BCUT2D eigenvalue weighted by Crippen LogP contribution is 2.11. The predicted molar refractivity (Wildman–Crippen MR) is 63.1 cm³/mol. The molecule has 0 aliphatic rings. The van der Waals surface area contributed by atoms with Crippen molar-refractivity contribution in [2.45, 2.75) is 39.8 Å². The highest BCUT2D eigenvalue weighted by molar-refractivity contribution is 5.85. The number of aliphatic carboxylic acids is 1. The number of hydrogen-bond donors (Lipinski definition) is 3. The average Bonchev–Trinajstić information content (AvgIpc) is 2.55. The minimum atomic E-state index is -1.32. The SMILES string of the molecule is Cc1noc(C)c1CNC(=O)NC(C)(C)C(=O)O. The molecule has 0 saturated carbocycles. The fourth-order valence-corrected chi connectivity index (χ4v) is 1.30. The second kappa shape index (κ2) is 5.07. The Bertz CT molecular complexity index is 445. The monoisotopic (exact) mass is 255 g/mol. The summed E-state index contributed by atoms with van der Waals surface area (Å²) >= 11 is 0. The maximum Gasteiger partial charge on any atom is 0.328 e. The van der Waals surface area contributed by atoms with Crippen LogP contribution in [0.3, 0.4) is 0 Å². The fourth-order valence-electron chi connectivity index (χ4n) is 1.30. The van der Waals surface area contributed by atoms with E-state index < -0.39 is 17.5 Å². The van der Waals surface area contributed by atoms with Crippen molar-refractivity contribution in [3.8, 4) is 0 Å². The lowest BCUT2D eigenvalue weighted by molar-refractivity contribution is -0.142. The van der Waals surface area contributed by atoms with Crippen molar-refractivity contribution in [2.75, 3.05) is 0 Å². The Hall–Kier alpha value is -2.05. The third-order valence-corrected chi connectivity index (χ3v) is 2.57. The number of carbonyl (C=O) groups is 2. The van der Waals surface area contributed by atoms with Gasteiger partial charge in [-0.1, -0.05) is 5.16 Å². The molecule has 1 heterocycles. The van der Waals surface area contributed by atoms with Gasteiger partial charge in [0.25, 0.3) is 0 Å². The Balaban J connectivity index is 2.55. The molecule has 0 spiro atoms. The van der Waals surface area contributed by atoms with Gasteiger partial charge >= 0.3 is 12.0 Å². The normalized spacial score (nSPS) is 11.1. The van der Waals surface area contributed by atoms with Gasteiger partial charge in [-0.25, -0.2) is 9.59 Å². The lowest BCUT2D eigenvalue weighted by Crippen LogP contribution is -2.53. The molecule has 18 heavy (non-hydrogen) atoms. The lowest BCUT2D eigenvalue weighted by Gasteiger charge is -2.21. The van der Waals surface area contributed by atoms with Crippen LogP contribution >= 0.6 is 0 Å². The third kappa shape index (κ3) is 3.22. The predicted octanol–water partition coefficient (Wildman–Crippen LogP) is 0.954. The molecule has 0 aromatic carbocycles. The van der Waals surface area contributed by atoms with Gasteiger partial charge in [-0.3, -0.25) is 0 Å². The molecule has 0 unspecified atom stereocenters. The lowest BCUT2D eigenvalue weighted by atomic mass is 10.1. The minimum Gasteiger partial charge on any atom is -0.480 e. The number of urea groups is 1. The van der Waals surface area contributed by atoms with E-state index in [-0.39, 0.29) is 6.54 Å².